The fraction of sp³-hybridized carbons (Fsp3) is 0.905. The molecule has 4 aliphatic carbocycles. The van der Waals surface area contributed by atoms with Crippen LogP contribution in [0.3, 0.4) is 0 Å². The highest BCUT2D eigenvalue weighted by Gasteiger charge is 2.71. The summed E-state index contributed by atoms with van der Waals surface area (Å²) in [6, 6.07) is 0. The number of allylic oxidation sites excluding steroid dienone is 4. The first-order chi connectivity index (χ1) is 25.7. The van der Waals surface area contributed by atoms with Gasteiger partial charge in [0.2, 0.25) is 0 Å². The van der Waals surface area contributed by atoms with Crippen LogP contribution in [-0.2, 0) is 18.9 Å². The monoisotopic (exact) mass is 782 g/mol. The molecule has 0 aromatic carbocycles. The Bertz CT molecular complexity index is 1420. The van der Waals surface area contributed by atoms with Gasteiger partial charge in [-0.3, -0.25) is 0 Å². The summed E-state index contributed by atoms with van der Waals surface area (Å²) in [6.45, 7) is 16.3. The van der Waals surface area contributed by atoms with Gasteiger partial charge in [0.15, 0.2) is 12.6 Å². The van der Waals surface area contributed by atoms with Crippen molar-refractivity contribution >= 4 is 0 Å². The third-order valence-corrected chi connectivity index (χ3v) is 16.1. The second kappa shape index (κ2) is 15.9. The third kappa shape index (κ3) is 7.12. The predicted octanol–water partition coefficient (Wildman–Crippen LogP) is 1.93. The van der Waals surface area contributed by atoms with E-state index in [1.807, 2.05) is 0 Å². The first-order valence-electron chi connectivity index (χ1n) is 20.6. The number of rotatable bonds is 9. The van der Waals surface area contributed by atoms with Gasteiger partial charge in [-0.1, -0.05) is 57.9 Å². The average Bonchev–Trinajstić information content (AvgIpc) is 3.49. The molecule has 6 fully saturated rings. The topological polar surface area (TPSA) is 219 Å². The Morgan fingerprint density at radius 2 is 1.27 bits per heavy atom. The van der Waals surface area contributed by atoms with Gasteiger partial charge in [0.1, 0.15) is 48.8 Å². The van der Waals surface area contributed by atoms with Crippen LogP contribution in [0.1, 0.15) is 100 Å². The molecule has 2 saturated heterocycles. The molecule has 13 heteroatoms. The second-order valence-corrected chi connectivity index (χ2v) is 19.6. The van der Waals surface area contributed by atoms with Gasteiger partial charge in [0.25, 0.3) is 0 Å². The molecule has 0 radical (unpaired) electrons. The van der Waals surface area contributed by atoms with Crippen molar-refractivity contribution in [1.29, 1.82) is 0 Å². The lowest BCUT2D eigenvalue weighted by molar-refractivity contribution is -0.383. The standard InChI is InChI=1S/C42H70O13/c1-20(2)10-9-11-21(3)22-12-14-42(8)29(22)23(45)16-28-40(6)17-24(46)36(39(4,5)27(40)13-15-41(28,42)7)55-38-35(33(50)31(48)26(19-44)53-38)54-37-34(51)32(49)30(47)25(18-43)52-37/h10-11,22-38,43-51H,9,12-19H2,1-8H3/t22-,23-,24-,25-,26-,27?,28-,29?,30-,31-,32+,33+,34-,35-,36+,37+,38+,40+,41-,42-/m1/s1. The number of hydrogen-bond acceptors (Lipinski definition) is 13. The van der Waals surface area contributed by atoms with Crippen LogP contribution in [0.15, 0.2) is 23.3 Å². The van der Waals surface area contributed by atoms with Crippen LogP contribution in [0, 0.1) is 45.3 Å². The zero-order valence-corrected chi connectivity index (χ0v) is 34.0. The van der Waals surface area contributed by atoms with Crippen molar-refractivity contribution in [3.63, 3.8) is 0 Å². The van der Waals surface area contributed by atoms with E-state index in [9.17, 15) is 46.0 Å². The molecular weight excluding hydrogens is 712 g/mol. The number of hydrogen-bond donors (Lipinski definition) is 9. The van der Waals surface area contributed by atoms with E-state index >= 15 is 0 Å². The van der Waals surface area contributed by atoms with E-state index in [0.29, 0.717) is 18.8 Å². The van der Waals surface area contributed by atoms with Crippen molar-refractivity contribution in [2.75, 3.05) is 13.2 Å². The highest BCUT2D eigenvalue weighted by Crippen LogP contribution is 2.75. The minimum Gasteiger partial charge on any atom is -0.394 e. The number of aliphatic hydroxyl groups excluding tert-OH is 9. The van der Waals surface area contributed by atoms with Gasteiger partial charge in [-0.25, -0.2) is 0 Å². The van der Waals surface area contributed by atoms with Gasteiger partial charge in [0, 0.05) is 0 Å². The smallest absolute Gasteiger partial charge is 0.187 e. The Labute approximate surface area is 326 Å². The van der Waals surface area contributed by atoms with Crippen LogP contribution in [0.5, 0.6) is 0 Å². The molecule has 6 aliphatic rings. The molecule has 2 unspecified atom stereocenters. The lowest BCUT2D eigenvalue weighted by atomic mass is 9.35. The molecule has 0 aromatic heterocycles. The minimum absolute atomic E-state index is 0.0549. The summed E-state index contributed by atoms with van der Waals surface area (Å²) in [7, 11) is 0. The van der Waals surface area contributed by atoms with Gasteiger partial charge < -0.3 is 64.9 Å². The number of aliphatic hydroxyl groups is 9. The van der Waals surface area contributed by atoms with Crippen molar-refractivity contribution in [1.82, 2.24) is 0 Å². The fourth-order valence-electron chi connectivity index (χ4n) is 13.1. The molecule has 4 saturated carbocycles. The lowest BCUT2D eigenvalue weighted by Gasteiger charge is -2.71. The van der Waals surface area contributed by atoms with Crippen LogP contribution in [-0.4, -0.2) is 139 Å². The van der Waals surface area contributed by atoms with E-state index in [0.717, 1.165) is 32.1 Å². The molecule has 316 valence electrons. The van der Waals surface area contributed by atoms with Crippen molar-refractivity contribution in [2.45, 2.75) is 180 Å². The molecule has 6 rings (SSSR count). The highest BCUT2D eigenvalue weighted by molar-refractivity contribution is 5.23. The molecular formula is C42H70O13. The largest absolute Gasteiger partial charge is 0.394 e. The van der Waals surface area contributed by atoms with Gasteiger partial charge in [-0.2, -0.15) is 0 Å². The Balaban J connectivity index is 1.26. The molecule has 0 aromatic rings. The predicted molar refractivity (Wildman–Crippen MR) is 201 cm³/mol. The molecule has 0 bridgehead atoms. The van der Waals surface area contributed by atoms with E-state index in [1.54, 1.807) is 0 Å². The molecule has 2 aliphatic heterocycles. The summed E-state index contributed by atoms with van der Waals surface area (Å²) in [5.74, 6) is 0.659. The Morgan fingerprint density at radius 3 is 1.89 bits per heavy atom. The van der Waals surface area contributed by atoms with E-state index in [-0.39, 0.29) is 34.0 Å². The van der Waals surface area contributed by atoms with Crippen LogP contribution in [0.4, 0.5) is 0 Å². The quantitative estimate of drug-likeness (QED) is 0.121. The molecule has 13 nitrogen and oxygen atoms in total. The zero-order valence-electron chi connectivity index (χ0n) is 34.0. The summed E-state index contributed by atoms with van der Waals surface area (Å²) < 4.78 is 24.1. The molecule has 20 atom stereocenters. The molecule has 55 heavy (non-hydrogen) atoms. The van der Waals surface area contributed by atoms with Gasteiger partial charge in [-0.05, 0) is 111 Å². The number of ether oxygens (including phenoxy) is 4. The third-order valence-electron chi connectivity index (χ3n) is 16.1. The Hall–Kier alpha value is -1.04. The highest BCUT2D eigenvalue weighted by atomic mass is 16.8. The van der Waals surface area contributed by atoms with Crippen LogP contribution in [0.2, 0.25) is 0 Å². The Kier molecular flexibility index (Phi) is 12.6. The maximum Gasteiger partial charge on any atom is 0.187 e. The molecule has 9 N–H and O–H groups in total. The van der Waals surface area contributed by atoms with Crippen molar-refractivity contribution in [3.8, 4) is 0 Å². The fourth-order valence-corrected chi connectivity index (χ4v) is 13.1. The van der Waals surface area contributed by atoms with Crippen molar-refractivity contribution in [3.05, 3.63) is 23.3 Å². The van der Waals surface area contributed by atoms with Crippen molar-refractivity contribution in [2.24, 2.45) is 45.3 Å². The summed E-state index contributed by atoms with van der Waals surface area (Å²) in [5, 5.41) is 97.6. The van der Waals surface area contributed by atoms with Gasteiger partial charge >= 0.3 is 0 Å². The zero-order chi connectivity index (χ0) is 40.6. The molecule has 0 spiro atoms. The summed E-state index contributed by atoms with van der Waals surface area (Å²) in [4.78, 5) is 0. The summed E-state index contributed by atoms with van der Waals surface area (Å²) in [5.41, 5.74) is 1.45. The molecule has 2 heterocycles. The van der Waals surface area contributed by atoms with Crippen LogP contribution in [0.25, 0.3) is 0 Å². The maximum atomic E-state index is 12.2. The lowest BCUT2D eigenvalue weighted by Crippen LogP contribution is -2.69. The van der Waals surface area contributed by atoms with E-state index < -0.39 is 98.4 Å². The first-order valence-corrected chi connectivity index (χ1v) is 20.6. The summed E-state index contributed by atoms with van der Waals surface area (Å²) >= 11 is 0. The van der Waals surface area contributed by atoms with E-state index in [1.165, 1.54) is 11.1 Å². The summed E-state index contributed by atoms with van der Waals surface area (Å²) in [6.07, 6.45) is -7.67. The van der Waals surface area contributed by atoms with Gasteiger partial charge in [0.05, 0.1) is 31.5 Å². The minimum atomic E-state index is -1.79. The normalized spacial score (nSPS) is 52.5. The second-order valence-electron chi connectivity index (χ2n) is 19.6. The van der Waals surface area contributed by atoms with E-state index in [4.69, 9.17) is 18.9 Å². The van der Waals surface area contributed by atoms with Gasteiger partial charge in [-0.15, -0.1) is 0 Å². The average molecular weight is 783 g/mol. The van der Waals surface area contributed by atoms with Crippen LogP contribution < -0.4 is 0 Å². The maximum absolute atomic E-state index is 12.2. The van der Waals surface area contributed by atoms with E-state index in [2.05, 4.69) is 67.5 Å². The Morgan fingerprint density at radius 1 is 0.673 bits per heavy atom. The molecule has 0 amide bonds. The first kappa shape index (κ1) is 43.5. The van der Waals surface area contributed by atoms with Crippen LogP contribution >= 0.6 is 0 Å². The SMILES string of the molecule is CC(C)=CCC=C(C)[C@H]1CC[C@]2(C)C1[C@H](O)C[C@@H]1[C@@]3(C)C[C@@H](O)[C@H](O[C@@H]4O[C@H](CO)[C@@H](O)[C@H](O)[C@H]4O[C@@H]4O[C@H](CO)[C@@H](O)[C@H](O)[C@H]4O)C(C)(C)C3CC[C@]12C. The van der Waals surface area contributed by atoms with Crippen molar-refractivity contribution < 1.29 is 64.9 Å². The number of fused-ring (bicyclic) bond motifs is 5.